The molecule has 3 fully saturated rings. The Labute approximate surface area is 306 Å². The Morgan fingerprint density at radius 2 is 1.77 bits per heavy atom. The number of likely N-dealkylation sites (N-methyl/N-ethyl adjacent to an activating group) is 1. The fourth-order valence-electron chi connectivity index (χ4n) is 7.55. The maximum atomic E-state index is 15.5. The van der Waals surface area contributed by atoms with Crippen LogP contribution in [-0.2, 0) is 20.8 Å². The van der Waals surface area contributed by atoms with E-state index in [-0.39, 0.29) is 42.2 Å². The SMILES string of the molecule is CN[C@@H](C)C(=O)C[C@H](C(=O)N1CCC[C@H]1C(=O)Cc1cc2c(Nc3ccc(N4CCN(CC5CC5)CC4)c(F)c3)ncnc2cc1OC)C(C)(C)C. The maximum Gasteiger partial charge on any atom is 0.227 e. The van der Waals surface area contributed by atoms with E-state index in [1.165, 1.54) is 25.2 Å². The zero-order chi connectivity index (χ0) is 37.2. The summed E-state index contributed by atoms with van der Waals surface area (Å²) in [7, 11) is 3.28. The number of hydrogen-bond acceptors (Lipinski definition) is 10. The van der Waals surface area contributed by atoms with E-state index in [2.05, 4.69) is 30.4 Å². The molecule has 52 heavy (non-hydrogen) atoms. The molecule has 1 aliphatic carbocycles. The first-order valence-electron chi connectivity index (χ1n) is 18.7. The highest BCUT2D eigenvalue weighted by Gasteiger charge is 2.42. The Balaban J connectivity index is 1.18. The van der Waals surface area contributed by atoms with Crippen molar-refractivity contribution in [3.05, 3.63) is 48.0 Å². The fourth-order valence-corrected chi connectivity index (χ4v) is 7.55. The van der Waals surface area contributed by atoms with Crippen molar-refractivity contribution < 1.29 is 23.5 Å². The number of Topliss-reactive ketones (excluding diaryl/α,β-unsaturated/α-hetero) is 2. The zero-order valence-corrected chi connectivity index (χ0v) is 31.5. The molecule has 1 amide bonds. The summed E-state index contributed by atoms with van der Waals surface area (Å²) >= 11 is 0. The topological polar surface area (TPSA) is 120 Å². The van der Waals surface area contributed by atoms with Crippen molar-refractivity contribution in [3.8, 4) is 5.75 Å². The number of piperazine rings is 1. The molecule has 12 heteroatoms. The van der Waals surface area contributed by atoms with Crippen molar-refractivity contribution >= 4 is 45.6 Å². The molecule has 3 aromatic rings. The van der Waals surface area contributed by atoms with Gasteiger partial charge in [0.2, 0.25) is 5.91 Å². The number of ketones is 2. The molecule has 0 radical (unpaired) electrons. The predicted molar refractivity (Wildman–Crippen MR) is 202 cm³/mol. The number of amides is 1. The third kappa shape index (κ3) is 8.55. The quantitative estimate of drug-likeness (QED) is 0.225. The first-order valence-corrected chi connectivity index (χ1v) is 18.7. The number of likely N-dealkylation sites (tertiary alicyclic amines) is 1. The summed E-state index contributed by atoms with van der Waals surface area (Å²) in [4.78, 5) is 56.2. The summed E-state index contributed by atoms with van der Waals surface area (Å²) in [5, 5.41) is 6.91. The molecule has 2 N–H and O–H groups in total. The number of aromatic nitrogens is 2. The van der Waals surface area contributed by atoms with Crippen LogP contribution in [-0.4, -0.2) is 103 Å². The minimum absolute atomic E-state index is 0.0264. The highest BCUT2D eigenvalue weighted by molar-refractivity contribution is 5.96. The molecular formula is C40H54FN7O4. The Hall–Kier alpha value is -4.16. The molecule has 3 aliphatic rings. The van der Waals surface area contributed by atoms with Crippen LogP contribution in [0.1, 0.15) is 65.4 Å². The van der Waals surface area contributed by atoms with E-state index in [4.69, 9.17) is 4.74 Å². The van der Waals surface area contributed by atoms with Gasteiger partial charge in [0.25, 0.3) is 0 Å². The van der Waals surface area contributed by atoms with E-state index < -0.39 is 17.4 Å². The average Bonchev–Trinajstić information content (AvgIpc) is 3.80. The Bertz CT molecular complexity index is 1780. The van der Waals surface area contributed by atoms with E-state index in [0.717, 1.165) is 38.6 Å². The molecule has 2 saturated heterocycles. The number of hydrogen-bond donors (Lipinski definition) is 2. The molecule has 0 bridgehead atoms. The van der Waals surface area contributed by atoms with Crippen molar-refractivity contribution in [3.63, 3.8) is 0 Å². The van der Waals surface area contributed by atoms with Gasteiger partial charge >= 0.3 is 0 Å². The van der Waals surface area contributed by atoms with Crippen LogP contribution in [0.4, 0.5) is 21.6 Å². The summed E-state index contributed by atoms with van der Waals surface area (Å²) in [6.07, 6.45) is 5.53. The maximum absolute atomic E-state index is 15.5. The first-order chi connectivity index (χ1) is 24.9. The van der Waals surface area contributed by atoms with Gasteiger partial charge in [0.1, 0.15) is 29.5 Å². The number of carbonyl (C=O) groups is 3. The minimum atomic E-state index is -0.595. The van der Waals surface area contributed by atoms with Crippen LogP contribution in [0.25, 0.3) is 10.9 Å². The van der Waals surface area contributed by atoms with Crippen molar-refractivity contribution in [1.29, 1.82) is 0 Å². The van der Waals surface area contributed by atoms with Crippen molar-refractivity contribution in [1.82, 2.24) is 25.1 Å². The van der Waals surface area contributed by atoms with E-state index in [1.54, 1.807) is 32.0 Å². The number of benzene rings is 2. The second kappa shape index (κ2) is 15.8. The van der Waals surface area contributed by atoms with Crippen molar-refractivity contribution in [2.75, 3.05) is 63.6 Å². The molecule has 0 unspecified atom stereocenters. The van der Waals surface area contributed by atoms with Gasteiger partial charge in [-0.25, -0.2) is 14.4 Å². The van der Waals surface area contributed by atoms with Crippen LogP contribution in [0.5, 0.6) is 5.75 Å². The molecule has 2 aromatic carbocycles. The number of carbonyl (C=O) groups excluding carboxylic acids is 3. The van der Waals surface area contributed by atoms with Gasteiger partial charge in [0, 0.05) is 80.7 Å². The van der Waals surface area contributed by atoms with Crippen LogP contribution in [0.15, 0.2) is 36.7 Å². The molecule has 2 aliphatic heterocycles. The van der Waals surface area contributed by atoms with Crippen LogP contribution in [0.2, 0.25) is 0 Å². The third-order valence-corrected chi connectivity index (χ3v) is 11.1. The summed E-state index contributed by atoms with van der Waals surface area (Å²) in [6, 6.07) is 7.84. The molecule has 280 valence electrons. The highest BCUT2D eigenvalue weighted by Crippen LogP contribution is 2.36. The molecular weight excluding hydrogens is 661 g/mol. The van der Waals surface area contributed by atoms with Gasteiger partial charge < -0.3 is 25.2 Å². The monoisotopic (exact) mass is 715 g/mol. The van der Waals surface area contributed by atoms with E-state index >= 15 is 4.39 Å². The lowest BCUT2D eigenvalue weighted by atomic mass is 9.76. The molecule has 6 rings (SSSR count). The predicted octanol–water partition coefficient (Wildman–Crippen LogP) is 5.39. The van der Waals surface area contributed by atoms with Crippen molar-refractivity contribution in [2.24, 2.45) is 17.3 Å². The van der Waals surface area contributed by atoms with Crippen LogP contribution >= 0.6 is 0 Å². The smallest absolute Gasteiger partial charge is 0.227 e. The summed E-state index contributed by atoms with van der Waals surface area (Å²) in [5.74, 6) is 0.717. The number of rotatable bonds is 14. The lowest BCUT2D eigenvalue weighted by molar-refractivity contribution is -0.145. The minimum Gasteiger partial charge on any atom is -0.496 e. The molecule has 1 saturated carbocycles. The Morgan fingerprint density at radius 1 is 1.02 bits per heavy atom. The molecule has 3 heterocycles. The standard InChI is InChI=1S/C40H54FN7O4/c1-25(42-5)35(49)21-30(40(2,3)4)39(51)48-13-7-8-34(48)36(50)19-27-18-29-32(22-37(27)52-6)43-24-44-38(29)45-28-11-12-33(31(41)20-28)47-16-14-46(15-17-47)23-26-9-10-26/h11-12,18,20,22,24-26,30,34,42H,7-10,13-17,19,21,23H2,1-6H3,(H,43,44,45)/t25-,30+,34-/m0/s1. The average molecular weight is 716 g/mol. The second-order valence-corrected chi connectivity index (χ2v) is 15.9. The summed E-state index contributed by atoms with van der Waals surface area (Å²) < 4.78 is 21.2. The lowest BCUT2D eigenvalue weighted by Crippen LogP contribution is -2.48. The van der Waals surface area contributed by atoms with Gasteiger partial charge in [-0.2, -0.15) is 0 Å². The Kier molecular flexibility index (Phi) is 11.4. The van der Waals surface area contributed by atoms with Gasteiger partial charge in [-0.1, -0.05) is 20.8 Å². The van der Waals surface area contributed by atoms with Gasteiger partial charge in [0.15, 0.2) is 5.78 Å². The number of nitrogens with one attached hydrogen (secondary N) is 2. The molecule has 3 atom stereocenters. The van der Waals surface area contributed by atoms with Crippen LogP contribution < -0.4 is 20.3 Å². The van der Waals surface area contributed by atoms with Crippen molar-refractivity contribution in [2.45, 2.75) is 78.3 Å². The normalized spacial score (nSPS) is 19.5. The number of ether oxygens (including phenoxy) is 1. The van der Waals surface area contributed by atoms with E-state index in [0.29, 0.717) is 58.8 Å². The number of halogens is 1. The first kappa shape index (κ1) is 37.6. The molecule has 0 spiro atoms. The number of methoxy groups -OCH3 is 1. The lowest BCUT2D eigenvalue weighted by Gasteiger charge is -2.36. The van der Waals surface area contributed by atoms with Crippen LogP contribution in [0.3, 0.4) is 0 Å². The van der Waals surface area contributed by atoms with Crippen LogP contribution in [0, 0.1) is 23.1 Å². The second-order valence-electron chi connectivity index (χ2n) is 15.9. The number of fused-ring (bicyclic) bond motifs is 1. The fraction of sp³-hybridized carbons (Fsp3) is 0.575. The van der Waals surface area contributed by atoms with E-state index in [1.807, 2.05) is 39.0 Å². The highest BCUT2D eigenvalue weighted by atomic mass is 19.1. The molecule has 11 nitrogen and oxygen atoms in total. The molecule has 1 aromatic heterocycles. The number of anilines is 3. The number of nitrogens with zero attached hydrogens (tertiary/aromatic N) is 5. The van der Waals surface area contributed by atoms with Gasteiger partial charge in [-0.15, -0.1) is 0 Å². The zero-order valence-electron chi connectivity index (χ0n) is 31.5. The Morgan fingerprint density at radius 3 is 2.42 bits per heavy atom. The summed E-state index contributed by atoms with van der Waals surface area (Å²) in [5.41, 5.74) is 1.94. The third-order valence-electron chi connectivity index (χ3n) is 11.1. The largest absolute Gasteiger partial charge is 0.496 e. The van der Waals surface area contributed by atoms with Gasteiger partial charge in [-0.05, 0) is 75.3 Å². The van der Waals surface area contributed by atoms with Gasteiger partial charge in [0.05, 0.1) is 30.4 Å². The summed E-state index contributed by atoms with van der Waals surface area (Å²) in [6.45, 7) is 12.8. The van der Waals surface area contributed by atoms with Gasteiger partial charge in [-0.3, -0.25) is 19.3 Å². The van der Waals surface area contributed by atoms with E-state index in [9.17, 15) is 14.4 Å².